The van der Waals surface area contributed by atoms with Gasteiger partial charge in [-0.1, -0.05) is 13.8 Å². The number of aromatic nitrogens is 2. The first-order valence-electron chi connectivity index (χ1n) is 5.98. The molecule has 1 saturated carbocycles. The van der Waals surface area contributed by atoms with Gasteiger partial charge in [-0.25, -0.2) is 9.97 Å². The Morgan fingerprint density at radius 3 is 2.81 bits per heavy atom. The number of nitrogens with one attached hydrogen (secondary N) is 1. The smallest absolute Gasteiger partial charge is 0.129 e. The number of nitrogens with zero attached hydrogens (tertiary/aromatic N) is 2. The van der Waals surface area contributed by atoms with Crippen molar-refractivity contribution >= 4 is 5.82 Å². The van der Waals surface area contributed by atoms with Crippen molar-refractivity contribution in [3.63, 3.8) is 0 Å². The van der Waals surface area contributed by atoms with Gasteiger partial charge < -0.3 is 11.1 Å². The maximum atomic E-state index is 6.02. The summed E-state index contributed by atoms with van der Waals surface area (Å²) >= 11 is 0. The van der Waals surface area contributed by atoms with Gasteiger partial charge in [-0.15, -0.1) is 0 Å². The summed E-state index contributed by atoms with van der Waals surface area (Å²) in [5.41, 5.74) is 7.09. The Morgan fingerprint density at radius 2 is 2.19 bits per heavy atom. The molecule has 0 radical (unpaired) electrons. The van der Waals surface area contributed by atoms with E-state index in [1.807, 2.05) is 6.07 Å². The highest BCUT2D eigenvalue weighted by atomic mass is 15.0. The van der Waals surface area contributed by atoms with Crippen LogP contribution in [0.4, 0.5) is 5.82 Å². The molecule has 0 aromatic carbocycles. The minimum absolute atomic E-state index is 0.262. The lowest BCUT2D eigenvalue weighted by Gasteiger charge is -2.12. The lowest BCUT2D eigenvalue weighted by atomic mass is 10.1. The third-order valence-electron chi connectivity index (χ3n) is 3.03. The van der Waals surface area contributed by atoms with Crippen molar-refractivity contribution in [2.75, 3.05) is 11.9 Å². The zero-order chi connectivity index (χ0) is 11.5. The molecule has 16 heavy (non-hydrogen) atoms. The van der Waals surface area contributed by atoms with Gasteiger partial charge >= 0.3 is 0 Å². The van der Waals surface area contributed by atoms with Crippen LogP contribution in [0.2, 0.25) is 0 Å². The maximum Gasteiger partial charge on any atom is 0.129 e. The van der Waals surface area contributed by atoms with Gasteiger partial charge in [-0.2, -0.15) is 0 Å². The van der Waals surface area contributed by atoms with Gasteiger partial charge in [0.05, 0.1) is 0 Å². The summed E-state index contributed by atoms with van der Waals surface area (Å²) in [6, 6.07) is 2.27. The predicted molar refractivity (Wildman–Crippen MR) is 65.3 cm³/mol. The summed E-state index contributed by atoms with van der Waals surface area (Å²) in [6.45, 7) is 5.06. The van der Waals surface area contributed by atoms with Gasteiger partial charge in [0.15, 0.2) is 0 Å². The number of nitrogens with two attached hydrogens (primary N) is 1. The van der Waals surface area contributed by atoms with Crippen LogP contribution in [0.15, 0.2) is 12.4 Å². The highest BCUT2D eigenvalue weighted by molar-refractivity contribution is 5.35. The quantitative estimate of drug-likeness (QED) is 0.793. The second-order valence-electron chi connectivity index (χ2n) is 4.86. The summed E-state index contributed by atoms with van der Waals surface area (Å²) in [5, 5.41) is 3.28. The van der Waals surface area contributed by atoms with E-state index >= 15 is 0 Å². The highest BCUT2D eigenvalue weighted by Gasteiger charge is 2.28. The molecule has 1 unspecified atom stereocenters. The Morgan fingerprint density at radius 1 is 1.44 bits per heavy atom. The van der Waals surface area contributed by atoms with Crippen LogP contribution >= 0.6 is 0 Å². The number of rotatable bonds is 5. The summed E-state index contributed by atoms with van der Waals surface area (Å²) in [5.74, 6) is 2.04. The molecule has 1 atom stereocenters. The van der Waals surface area contributed by atoms with Gasteiger partial charge in [0.1, 0.15) is 12.1 Å². The van der Waals surface area contributed by atoms with Crippen molar-refractivity contribution in [3.05, 3.63) is 18.1 Å². The van der Waals surface area contributed by atoms with Gasteiger partial charge in [-0.05, 0) is 24.7 Å². The zero-order valence-electron chi connectivity index (χ0n) is 9.98. The molecule has 1 aliphatic carbocycles. The largest absolute Gasteiger partial charge is 0.368 e. The van der Waals surface area contributed by atoms with Crippen molar-refractivity contribution in [2.24, 2.45) is 11.7 Å². The number of hydrogen-bond acceptors (Lipinski definition) is 4. The van der Waals surface area contributed by atoms with Crippen LogP contribution in [0.5, 0.6) is 0 Å². The lowest BCUT2D eigenvalue weighted by molar-refractivity contribution is 0.619. The average molecular weight is 220 g/mol. The Kier molecular flexibility index (Phi) is 3.39. The minimum atomic E-state index is 0.262. The molecule has 0 amide bonds. The Hall–Kier alpha value is -1.16. The van der Waals surface area contributed by atoms with E-state index in [2.05, 4.69) is 29.1 Å². The molecule has 0 aliphatic heterocycles. The minimum Gasteiger partial charge on any atom is -0.368 e. The van der Waals surface area contributed by atoms with Crippen LogP contribution in [-0.4, -0.2) is 22.6 Å². The molecule has 4 nitrogen and oxygen atoms in total. The molecule has 0 saturated heterocycles. The van der Waals surface area contributed by atoms with E-state index in [0.29, 0.717) is 5.92 Å². The van der Waals surface area contributed by atoms with Crippen molar-refractivity contribution in [3.8, 4) is 0 Å². The molecule has 0 bridgehead atoms. The van der Waals surface area contributed by atoms with Crippen molar-refractivity contribution in [2.45, 2.75) is 38.6 Å². The summed E-state index contributed by atoms with van der Waals surface area (Å²) < 4.78 is 0. The molecule has 2 rings (SSSR count). The third kappa shape index (κ3) is 2.92. The molecule has 1 aromatic rings. The second-order valence-corrected chi connectivity index (χ2v) is 4.86. The molecule has 4 heteroatoms. The first-order chi connectivity index (χ1) is 7.66. The first-order valence-corrected chi connectivity index (χ1v) is 5.98. The summed E-state index contributed by atoms with van der Waals surface area (Å²) in [6.07, 6.45) is 4.17. The van der Waals surface area contributed by atoms with E-state index in [1.54, 1.807) is 6.33 Å². The first kappa shape index (κ1) is 11.3. The van der Waals surface area contributed by atoms with Crippen LogP contribution < -0.4 is 11.1 Å². The SMILES string of the molecule is CC(C)c1cc(NCC(N)C2CC2)ncn1. The molecule has 3 N–H and O–H groups in total. The third-order valence-corrected chi connectivity index (χ3v) is 3.03. The zero-order valence-corrected chi connectivity index (χ0v) is 9.98. The van der Waals surface area contributed by atoms with Gasteiger partial charge in [0.25, 0.3) is 0 Å². The van der Waals surface area contributed by atoms with Crippen molar-refractivity contribution in [1.29, 1.82) is 0 Å². The normalized spacial score (nSPS) is 17.5. The van der Waals surface area contributed by atoms with Crippen LogP contribution in [0.1, 0.15) is 38.3 Å². The van der Waals surface area contributed by atoms with E-state index in [0.717, 1.165) is 24.0 Å². The van der Waals surface area contributed by atoms with Gasteiger partial charge in [0.2, 0.25) is 0 Å². The Bertz CT molecular complexity index is 347. The van der Waals surface area contributed by atoms with E-state index in [4.69, 9.17) is 5.73 Å². The van der Waals surface area contributed by atoms with Crippen molar-refractivity contribution in [1.82, 2.24) is 9.97 Å². The summed E-state index contributed by atoms with van der Waals surface area (Å²) in [7, 11) is 0. The van der Waals surface area contributed by atoms with E-state index in [-0.39, 0.29) is 6.04 Å². The molecule has 1 heterocycles. The molecule has 1 aromatic heterocycles. The molecule has 1 aliphatic rings. The Labute approximate surface area is 96.7 Å². The van der Waals surface area contributed by atoms with Crippen LogP contribution in [0, 0.1) is 5.92 Å². The van der Waals surface area contributed by atoms with Gasteiger partial charge in [-0.3, -0.25) is 0 Å². The highest BCUT2D eigenvalue weighted by Crippen LogP contribution is 2.31. The monoisotopic (exact) mass is 220 g/mol. The fourth-order valence-electron chi connectivity index (χ4n) is 1.70. The van der Waals surface area contributed by atoms with Crippen molar-refractivity contribution < 1.29 is 0 Å². The van der Waals surface area contributed by atoms with Crippen LogP contribution in [-0.2, 0) is 0 Å². The lowest BCUT2D eigenvalue weighted by Crippen LogP contribution is -2.31. The van der Waals surface area contributed by atoms with Crippen LogP contribution in [0.25, 0.3) is 0 Å². The Balaban J connectivity index is 1.90. The standard InChI is InChI=1S/C12H20N4/c1-8(2)11-5-12(16-7-15-11)14-6-10(13)9-3-4-9/h5,7-10H,3-4,6,13H2,1-2H3,(H,14,15,16). The fourth-order valence-corrected chi connectivity index (χ4v) is 1.70. The molecular formula is C12H20N4. The van der Waals surface area contributed by atoms with E-state index < -0.39 is 0 Å². The number of hydrogen-bond donors (Lipinski definition) is 2. The maximum absolute atomic E-state index is 6.02. The molecular weight excluding hydrogens is 200 g/mol. The fraction of sp³-hybridized carbons (Fsp3) is 0.667. The summed E-state index contributed by atoms with van der Waals surface area (Å²) in [4.78, 5) is 8.43. The molecule has 88 valence electrons. The number of anilines is 1. The second kappa shape index (κ2) is 4.78. The van der Waals surface area contributed by atoms with E-state index in [1.165, 1.54) is 12.8 Å². The van der Waals surface area contributed by atoms with E-state index in [9.17, 15) is 0 Å². The molecule has 1 fully saturated rings. The topological polar surface area (TPSA) is 63.8 Å². The van der Waals surface area contributed by atoms with Gasteiger partial charge in [0, 0.05) is 24.3 Å². The molecule has 0 spiro atoms. The average Bonchev–Trinajstić information content (AvgIpc) is 3.10. The van der Waals surface area contributed by atoms with Crippen LogP contribution in [0.3, 0.4) is 0 Å². The predicted octanol–water partition coefficient (Wildman–Crippen LogP) is 1.75.